The van der Waals surface area contributed by atoms with Gasteiger partial charge in [-0.25, -0.2) is 0 Å². The van der Waals surface area contributed by atoms with Crippen molar-refractivity contribution >= 4 is 11.6 Å². The standard InChI is InChI=1S/C16H10O3/c17-14-11-7-3-4-8-12(11)16(19)13(14)9-5-1-2-6-10(9)15(16)18/h1-8,13,19H. The fourth-order valence-corrected chi connectivity index (χ4v) is 3.31. The Balaban J connectivity index is 2.08. The van der Waals surface area contributed by atoms with Crippen LogP contribution in [0.2, 0.25) is 0 Å². The van der Waals surface area contributed by atoms with Crippen LogP contribution in [0.3, 0.4) is 0 Å². The lowest BCUT2D eigenvalue weighted by Gasteiger charge is -2.20. The minimum Gasteiger partial charge on any atom is -0.376 e. The maximum Gasteiger partial charge on any atom is 0.200 e. The number of aliphatic hydroxyl groups is 1. The highest BCUT2D eigenvalue weighted by molar-refractivity contribution is 6.21. The molecule has 92 valence electrons. The van der Waals surface area contributed by atoms with Crippen LogP contribution >= 0.6 is 0 Å². The molecule has 0 amide bonds. The van der Waals surface area contributed by atoms with Crippen molar-refractivity contribution in [2.24, 2.45) is 0 Å². The molecule has 2 aromatic carbocycles. The van der Waals surface area contributed by atoms with Crippen LogP contribution in [0.5, 0.6) is 0 Å². The predicted octanol–water partition coefficient (Wildman–Crippen LogP) is 2.05. The summed E-state index contributed by atoms with van der Waals surface area (Å²) < 4.78 is 0. The van der Waals surface area contributed by atoms with Gasteiger partial charge in [-0.05, 0) is 5.56 Å². The summed E-state index contributed by atoms with van der Waals surface area (Å²) >= 11 is 0. The SMILES string of the molecule is O=C1c2ccccc2C2(O)C(=O)c3ccccc3C12. The predicted molar refractivity (Wildman–Crippen MR) is 68.2 cm³/mol. The van der Waals surface area contributed by atoms with Gasteiger partial charge in [-0.15, -0.1) is 0 Å². The van der Waals surface area contributed by atoms with Crippen molar-refractivity contribution in [1.29, 1.82) is 0 Å². The van der Waals surface area contributed by atoms with Crippen molar-refractivity contribution in [3.63, 3.8) is 0 Å². The minimum atomic E-state index is -1.71. The normalized spacial score (nSPS) is 27.1. The fourth-order valence-electron chi connectivity index (χ4n) is 3.31. The topological polar surface area (TPSA) is 54.4 Å². The first-order chi connectivity index (χ1) is 9.15. The molecule has 2 atom stereocenters. The van der Waals surface area contributed by atoms with Gasteiger partial charge in [0.05, 0.1) is 5.92 Å². The van der Waals surface area contributed by atoms with E-state index < -0.39 is 11.5 Å². The summed E-state index contributed by atoms with van der Waals surface area (Å²) in [4.78, 5) is 25.0. The van der Waals surface area contributed by atoms with Gasteiger partial charge in [0.25, 0.3) is 0 Å². The van der Waals surface area contributed by atoms with Crippen LogP contribution in [0.1, 0.15) is 37.8 Å². The molecule has 0 aliphatic heterocycles. The van der Waals surface area contributed by atoms with E-state index in [1.165, 1.54) is 0 Å². The zero-order valence-electron chi connectivity index (χ0n) is 9.96. The molecule has 0 fully saturated rings. The van der Waals surface area contributed by atoms with Crippen molar-refractivity contribution in [3.05, 3.63) is 70.8 Å². The number of fused-ring (bicyclic) bond motifs is 5. The summed E-state index contributed by atoms with van der Waals surface area (Å²) in [5.74, 6) is -1.32. The van der Waals surface area contributed by atoms with E-state index in [-0.39, 0.29) is 11.6 Å². The lowest BCUT2D eigenvalue weighted by atomic mass is 9.87. The molecule has 0 aromatic heterocycles. The number of hydrogen-bond donors (Lipinski definition) is 1. The smallest absolute Gasteiger partial charge is 0.200 e. The first-order valence-electron chi connectivity index (χ1n) is 6.15. The van der Waals surface area contributed by atoms with Crippen molar-refractivity contribution in [2.45, 2.75) is 11.5 Å². The van der Waals surface area contributed by atoms with E-state index in [1.54, 1.807) is 48.5 Å². The Kier molecular flexibility index (Phi) is 1.79. The van der Waals surface area contributed by atoms with Gasteiger partial charge in [-0.1, -0.05) is 48.5 Å². The van der Waals surface area contributed by atoms with Crippen molar-refractivity contribution in [2.75, 3.05) is 0 Å². The Labute approximate surface area is 109 Å². The number of carbonyl (C=O) groups is 2. The molecule has 0 spiro atoms. The van der Waals surface area contributed by atoms with Crippen molar-refractivity contribution < 1.29 is 14.7 Å². The summed E-state index contributed by atoms with van der Waals surface area (Å²) in [6.45, 7) is 0. The Morgan fingerprint density at radius 1 is 0.895 bits per heavy atom. The number of Topliss-reactive ketones (excluding diaryl/α,β-unsaturated/α-hetero) is 2. The van der Waals surface area contributed by atoms with Gasteiger partial charge in [0.2, 0.25) is 0 Å². The molecule has 0 saturated heterocycles. The Morgan fingerprint density at radius 3 is 2.32 bits per heavy atom. The molecular weight excluding hydrogens is 240 g/mol. The average molecular weight is 250 g/mol. The van der Waals surface area contributed by atoms with Gasteiger partial charge in [-0.3, -0.25) is 9.59 Å². The van der Waals surface area contributed by atoms with Gasteiger partial charge in [0, 0.05) is 16.7 Å². The molecule has 2 aromatic rings. The summed E-state index contributed by atoms with van der Waals surface area (Å²) in [6, 6.07) is 13.8. The molecule has 2 unspecified atom stereocenters. The fraction of sp³-hybridized carbons (Fsp3) is 0.125. The second-order valence-corrected chi connectivity index (χ2v) is 5.03. The third kappa shape index (κ3) is 1.03. The quantitative estimate of drug-likeness (QED) is 0.778. The minimum absolute atomic E-state index is 0.170. The summed E-state index contributed by atoms with van der Waals surface area (Å²) in [7, 11) is 0. The molecule has 2 aliphatic rings. The number of ketones is 2. The molecule has 3 nitrogen and oxygen atoms in total. The first kappa shape index (κ1) is 10.6. The van der Waals surface area contributed by atoms with Crippen LogP contribution in [0.4, 0.5) is 0 Å². The lowest BCUT2D eigenvalue weighted by molar-refractivity contribution is 0.0268. The third-order valence-electron chi connectivity index (χ3n) is 4.15. The van der Waals surface area contributed by atoms with Gasteiger partial charge >= 0.3 is 0 Å². The zero-order chi connectivity index (χ0) is 13.2. The van der Waals surface area contributed by atoms with Crippen molar-refractivity contribution in [3.8, 4) is 0 Å². The maximum atomic E-state index is 12.5. The van der Waals surface area contributed by atoms with Crippen LogP contribution in [0.15, 0.2) is 48.5 Å². The Morgan fingerprint density at radius 2 is 1.53 bits per heavy atom. The average Bonchev–Trinajstić information content (AvgIpc) is 2.82. The van der Waals surface area contributed by atoms with Gasteiger partial charge in [0.1, 0.15) is 0 Å². The van der Waals surface area contributed by atoms with Crippen molar-refractivity contribution in [1.82, 2.24) is 0 Å². The summed E-state index contributed by atoms with van der Waals surface area (Å²) in [6.07, 6.45) is 0. The van der Waals surface area contributed by atoms with E-state index in [2.05, 4.69) is 0 Å². The molecule has 19 heavy (non-hydrogen) atoms. The summed E-state index contributed by atoms with van der Waals surface area (Å²) in [5, 5.41) is 10.9. The van der Waals surface area contributed by atoms with Crippen LogP contribution in [0.25, 0.3) is 0 Å². The number of rotatable bonds is 0. The van der Waals surface area contributed by atoms with Gasteiger partial charge in [0.15, 0.2) is 17.2 Å². The lowest BCUT2D eigenvalue weighted by Crippen LogP contribution is -2.34. The largest absolute Gasteiger partial charge is 0.376 e. The van der Waals surface area contributed by atoms with E-state index in [9.17, 15) is 14.7 Å². The molecule has 2 aliphatic carbocycles. The van der Waals surface area contributed by atoms with E-state index >= 15 is 0 Å². The van der Waals surface area contributed by atoms with E-state index in [0.717, 1.165) is 0 Å². The van der Waals surface area contributed by atoms with E-state index in [4.69, 9.17) is 0 Å². The number of hydrogen-bond acceptors (Lipinski definition) is 3. The van der Waals surface area contributed by atoms with Gasteiger partial charge in [-0.2, -0.15) is 0 Å². The van der Waals surface area contributed by atoms with Crippen LogP contribution in [-0.2, 0) is 5.60 Å². The monoisotopic (exact) mass is 250 g/mol. The first-order valence-corrected chi connectivity index (χ1v) is 6.15. The van der Waals surface area contributed by atoms with Gasteiger partial charge < -0.3 is 5.11 Å². The maximum absolute atomic E-state index is 12.5. The summed E-state index contributed by atoms with van der Waals surface area (Å²) in [5.41, 5.74) is 0.273. The molecule has 0 heterocycles. The third-order valence-corrected chi connectivity index (χ3v) is 4.15. The van der Waals surface area contributed by atoms with E-state index in [0.29, 0.717) is 22.3 Å². The Bertz CT molecular complexity index is 747. The highest BCUT2D eigenvalue weighted by Crippen LogP contribution is 2.54. The molecule has 3 heteroatoms. The Hall–Kier alpha value is -2.26. The second-order valence-electron chi connectivity index (χ2n) is 5.03. The van der Waals surface area contributed by atoms with Crippen LogP contribution < -0.4 is 0 Å². The van der Waals surface area contributed by atoms with Crippen LogP contribution in [0, 0.1) is 0 Å². The molecule has 0 radical (unpaired) electrons. The molecule has 0 bridgehead atoms. The molecular formula is C16H10O3. The zero-order valence-corrected chi connectivity index (χ0v) is 9.96. The van der Waals surface area contributed by atoms with Crippen LogP contribution in [-0.4, -0.2) is 16.7 Å². The number of benzene rings is 2. The molecule has 0 saturated carbocycles. The highest BCUT2D eigenvalue weighted by atomic mass is 16.3. The van der Waals surface area contributed by atoms with E-state index in [1.807, 2.05) is 0 Å². The molecule has 4 rings (SSSR count). The number of carbonyl (C=O) groups excluding carboxylic acids is 2. The highest BCUT2D eigenvalue weighted by Gasteiger charge is 2.61. The molecule has 1 N–H and O–H groups in total. The second kappa shape index (κ2) is 3.19.